The zero-order valence-corrected chi connectivity index (χ0v) is 14.5. The van der Waals surface area contributed by atoms with Gasteiger partial charge < -0.3 is 14.6 Å². The molecule has 2 rings (SSSR count). The molecule has 0 spiro atoms. The number of aryl methyl sites for hydroxylation is 1. The largest absolute Gasteiger partial charge is 0.449 e. The van der Waals surface area contributed by atoms with Gasteiger partial charge in [-0.25, -0.2) is 9.78 Å². The first-order chi connectivity index (χ1) is 11.3. The Balaban J connectivity index is 2.08. The molecule has 0 saturated heterocycles. The van der Waals surface area contributed by atoms with E-state index >= 15 is 0 Å². The molecule has 128 valence electrons. The third kappa shape index (κ3) is 3.91. The SMILES string of the molecule is Cc1noc(C(C)C)c1C(=O)O[C@H](C)C(=O)Nc1cccnc1Cl. The molecule has 0 aliphatic carbocycles. The Morgan fingerprint density at radius 1 is 1.33 bits per heavy atom. The van der Waals surface area contributed by atoms with Crippen LogP contribution in [0.1, 0.15) is 48.5 Å². The van der Waals surface area contributed by atoms with Crippen molar-refractivity contribution < 1.29 is 18.8 Å². The molecule has 0 aliphatic heterocycles. The number of amides is 1. The van der Waals surface area contributed by atoms with E-state index in [0.717, 1.165) is 0 Å². The summed E-state index contributed by atoms with van der Waals surface area (Å²) in [7, 11) is 0. The molecular formula is C16H18ClN3O4. The number of hydrogen-bond acceptors (Lipinski definition) is 6. The summed E-state index contributed by atoms with van der Waals surface area (Å²) in [4.78, 5) is 28.4. The summed E-state index contributed by atoms with van der Waals surface area (Å²) in [5, 5.41) is 6.51. The van der Waals surface area contributed by atoms with Crippen molar-refractivity contribution in [2.45, 2.75) is 39.7 Å². The third-order valence-corrected chi connectivity index (χ3v) is 3.59. The van der Waals surface area contributed by atoms with Gasteiger partial charge in [0.1, 0.15) is 5.56 Å². The van der Waals surface area contributed by atoms with Gasteiger partial charge in [0.15, 0.2) is 17.0 Å². The van der Waals surface area contributed by atoms with Crippen molar-refractivity contribution >= 4 is 29.2 Å². The van der Waals surface area contributed by atoms with E-state index in [1.807, 2.05) is 13.8 Å². The number of halogens is 1. The summed E-state index contributed by atoms with van der Waals surface area (Å²) < 4.78 is 10.4. The van der Waals surface area contributed by atoms with Crippen LogP contribution >= 0.6 is 11.6 Å². The second-order valence-electron chi connectivity index (χ2n) is 5.54. The Hall–Kier alpha value is -2.41. The number of ether oxygens (including phenoxy) is 1. The summed E-state index contributed by atoms with van der Waals surface area (Å²) in [5.74, 6) is -0.775. The lowest BCUT2D eigenvalue weighted by Crippen LogP contribution is -2.30. The average Bonchev–Trinajstić information content (AvgIpc) is 2.91. The quantitative estimate of drug-likeness (QED) is 0.655. The van der Waals surface area contributed by atoms with Gasteiger partial charge in [0.25, 0.3) is 5.91 Å². The van der Waals surface area contributed by atoms with E-state index < -0.39 is 18.0 Å². The van der Waals surface area contributed by atoms with Crippen molar-refractivity contribution in [1.29, 1.82) is 0 Å². The number of hydrogen-bond donors (Lipinski definition) is 1. The molecule has 0 bridgehead atoms. The number of anilines is 1. The summed E-state index contributed by atoms with van der Waals surface area (Å²) in [6, 6.07) is 3.23. The highest BCUT2D eigenvalue weighted by atomic mass is 35.5. The lowest BCUT2D eigenvalue weighted by molar-refractivity contribution is -0.123. The van der Waals surface area contributed by atoms with Crippen molar-refractivity contribution in [3.63, 3.8) is 0 Å². The molecule has 2 heterocycles. The first kappa shape index (κ1) is 17.9. The predicted molar refractivity (Wildman–Crippen MR) is 88.1 cm³/mol. The number of carbonyl (C=O) groups excluding carboxylic acids is 2. The van der Waals surface area contributed by atoms with Crippen LogP contribution in [-0.4, -0.2) is 28.1 Å². The van der Waals surface area contributed by atoms with Crippen LogP contribution in [0, 0.1) is 6.92 Å². The van der Waals surface area contributed by atoms with E-state index in [1.54, 1.807) is 19.1 Å². The zero-order valence-electron chi connectivity index (χ0n) is 13.8. The molecule has 24 heavy (non-hydrogen) atoms. The lowest BCUT2D eigenvalue weighted by Gasteiger charge is -2.14. The summed E-state index contributed by atoms with van der Waals surface area (Å²) in [6.45, 7) is 6.86. The number of esters is 1. The molecule has 0 fully saturated rings. The third-order valence-electron chi connectivity index (χ3n) is 3.29. The molecule has 0 unspecified atom stereocenters. The Kier molecular flexibility index (Phi) is 5.56. The monoisotopic (exact) mass is 351 g/mol. The zero-order chi connectivity index (χ0) is 17.9. The van der Waals surface area contributed by atoms with E-state index in [1.165, 1.54) is 13.1 Å². The molecule has 1 amide bonds. The highest BCUT2D eigenvalue weighted by Gasteiger charge is 2.27. The first-order valence-electron chi connectivity index (χ1n) is 7.39. The van der Waals surface area contributed by atoms with Crippen molar-refractivity contribution in [1.82, 2.24) is 10.1 Å². The van der Waals surface area contributed by atoms with Gasteiger partial charge >= 0.3 is 5.97 Å². The Morgan fingerprint density at radius 2 is 2.04 bits per heavy atom. The molecule has 0 aromatic carbocycles. The average molecular weight is 352 g/mol. The molecule has 0 aliphatic rings. The molecule has 0 radical (unpaired) electrons. The van der Waals surface area contributed by atoms with E-state index in [0.29, 0.717) is 17.1 Å². The van der Waals surface area contributed by atoms with E-state index in [4.69, 9.17) is 20.9 Å². The molecule has 8 heteroatoms. The fourth-order valence-electron chi connectivity index (χ4n) is 2.02. The van der Waals surface area contributed by atoms with Gasteiger partial charge in [-0.1, -0.05) is 30.6 Å². The normalized spacial score (nSPS) is 12.1. The molecule has 1 atom stereocenters. The second kappa shape index (κ2) is 7.44. The van der Waals surface area contributed by atoms with Crippen LogP contribution in [0.4, 0.5) is 5.69 Å². The maximum Gasteiger partial charge on any atom is 0.344 e. The number of rotatable bonds is 5. The number of carbonyl (C=O) groups is 2. The van der Waals surface area contributed by atoms with Crippen LogP contribution in [-0.2, 0) is 9.53 Å². The Bertz CT molecular complexity index is 758. The minimum Gasteiger partial charge on any atom is -0.449 e. The van der Waals surface area contributed by atoms with Gasteiger partial charge in [-0.15, -0.1) is 0 Å². The van der Waals surface area contributed by atoms with Gasteiger partial charge in [-0.05, 0) is 26.0 Å². The minimum atomic E-state index is -1.02. The maximum absolute atomic E-state index is 12.3. The van der Waals surface area contributed by atoms with Crippen LogP contribution in [0.15, 0.2) is 22.9 Å². The fraction of sp³-hybridized carbons (Fsp3) is 0.375. The van der Waals surface area contributed by atoms with E-state index in [-0.39, 0.29) is 16.6 Å². The summed E-state index contributed by atoms with van der Waals surface area (Å²) in [6.07, 6.45) is 0.479. The first-order valence-corrected chi connectivity index (χ1v) is 7.77. The minimum absolute atomic E-state index is 0.0351. The van der Waals surface area contributed by atoms with E-state index in [9.17, 15) is 9.59 Å². The van der Waals surface area contributed by atoms with Crippen molar-refractivity contribution in [3.05, 3.63) is 40.5 Å². The van der Waals surface area contributed by atoms with Crippen molar-refractivity contribution in [2.24, 2.45) is 0 Å². The standard InChI is InChI=1S/C16H18ClN3O4/c1-8(2)13-12(9(3)20-24-13)16(22)23-10(4)15(21)19-11-6-5-7-18-14(11)17/h5-8,10H,1-4H3,(H,19,21)/t10-/m1/s1. The van der Waals surface area contributed by atoms with Gasteiger partial charge in [-0.3, -0.25) is 4.79 Å². The van der Waals surface area contributed by atoms with E-state index in [2.05, 4.69) is 15.5 Å². The maximum atomic E-state index is 12.3. The highest BCUT2D eigenvalue weighted by molar-refractivity contribution is 6.32. The second-order valence-corrected chi connectivity index (χ2v) is 5.90. The topological polar surface area (TPSA) is 94.3 Å². The van der Waals surface area contributed by atoms with Crippen LogP contribution in [0.3, 0.4) is 0 Å². The highest BCUT2D eigenvalue weighted by Crippen LogP contribution is 2.24. The summed E-state index contributed by atoms with van der Waals surface area (Å²) >= 11 is 5.88. The molecule has 2 aromatic heterocycles. The molecular weight excluding hydrogens is 334 g/mol. The molecule has 7 nitrogen and oxygen atoms in total. The van der Waals surface area contributed by atoms with Gasteiger partial charge in [0.2, 0.25) is 0 Å². The Morgan fingerprint density at radius 3 is 2.67 bits per heavy atom. The lowest BCUT2D eigenvalue weighted by atomic mass is 10.1. The summed E-state index contributed by atoms with van der Waals surface area (Å²) in [5.41, 5.74) is 1.02. The van der Waals surface area contributed by atoms with Crippen LogP contribution in [0.25, 0.3) is 0 Å². The van der Waals surface area contributed by atoms with Gasteiger partial charge in [0, 0.05) is 12.1 Å². The van der Waals surface area contributed by atoms with Crippen LogP contribution in [0.5, 0.6) is 0 Å². The number of aromatic nitrogens is 2. The van der Waals surface area contributed by atoms with Gasteiger partial charge in [-0.2, -0.15) is 0 Å². The van der Waals surface area contributed by atoms with Crippen molar-refractivity contribution in [2.75, 3.05) is 5.32 Å². The molecule has 1 N–H and O–H groups in total. The molecule has 2 aromatic rings. The number of nitrogens with zero attached hydrogens (tertiary/aromatic N) is 2. The number of nitrogens with one attached hydrogen (secondary N) is 1. The van der Waals surface area contributed by atoms with Crippen LogP contribution < -0.4 is 5.32 Å². The van der Waals surface area contributed by atoms with Crippen molar-refractivity contribution in [3.8, 4) is 0 Å². The number of pyridine rings is 1. The molecule has 0 saturated carbocycles. The van der Waals surface area contributed by atoms with Crippen LogP contribution in [0.2, 0.25) is 5.15 Å². The Labute approximate surface area is 144 Å². The fourth-order valence-corrected chi connectivity index (χ4v) is 2.18. The predicted octanol–water partition coefficient (Wildman–Crippen LogP) is 3.34. The van der Waals surface area contributed by atoms with Gasteiger partial charge in [0.05, 0.1) is 11.4 Å². The smallest absolute Gasteiger partial charge is 0.344 e.